The van der Waals surface area contributed by atoms with Crippen LogP contribution in [-0.2, 0) is 0 Å². The molecule has 0 aliphatic rings. The van der Waals surface area contributed by atoms with Crippen LogP contribution in [-0.4, -0.2) is 6.18 Å². The number of alkyl halides is 3. The van der Waals surface area contributed by atoms with Gasteiger partial charge in [0.1, 0.15) is 5.83 Å². The van der Waals surface area contributed by atoms with E-state index in [4.69, 9.17) is 0 Å². The van der Waals surface area contributed by atoms with Crippen molar-refractivity contribution in [3.63, 3.8) is 0 Å². The number of allylic oxidation sites excluding steroid dienone is 1. The molecule has 0 aromatic heterocycles. The van der Waals surface area contributed by atoms with Crippen LogP contribution in [0.25, 0.3) is 0 Å². The van der Waals surface area contributed by atoms with Crippen molar-refractivity contribution in [1.29, 1.82) is 0 Å². The molecule has 0 radical (unpaired) electrons. The van der Waals surface area contributed by atoms with Gasteiger partial charge < -0.3 is 0 Å². The average Bonchev–Trinajstić information content (AvgIpc) is 1.62. The standard InChI is InChI=1S/C4H3BrF4/c5-2-3(6)1-4(7,8)9/h2H,1H2/b3-2+. The van der Waals surface area contributed by atoms with Gasteiger partial charge in [0, 0.05) is 4.99 Å². The lowest BCUT2D eigenvalue weighted by molar-refractivity contribution is -0.129. The van der Waals surface area contributed by atoms with Gasteiger partial charge in [-0.1, -0.05) is 15.9 Å². The van der Waals surface area contributed by atoms with Gasteiger partial charge in [-0.3, -0.25) is 0 Å². The summed E-state index contributed by atoms with van der Waals surface area (Å²) in [6.45, 7) is 0. The third-order valence-corrected chi connectivity index (χ3v) is 0.985. The van der Waals surface area contributed by atoms with Crippen molar-refractivity contribution in [1.82, 2.24) is 0 Å². The number of rotatable bonds is 1. The van der Waals surface area contributed by atoms with Crippen molar-refractivity contribution in [3.8, 4) is 0 Å². The molecule has 0 aromatic carbocycles. The summed E-state index contributed by atoms with van der Waals surface area (Å²) in [7, 11) is 0. The molecule has 0 unspecified atom stereocenters. The zero-order valence-electron chi connectivity index (χ0n) is 4.17. The second-order valence-corrected chi connectivity index (χ2v) is 1.81. The normalized spacial score (nSPS) is 14.1. The predicted molar refractivity (Wildman–Crippen MR) is 28.8 cm³/mol. The second-order valence-electron chi connectivity index (χ2n) is 1.35. The number of halogens is 5. The highest BCUT2D eigenvalue weighted by molar-refractivity contribution is 9.11. The van der Waals surface area contributed by atoms with Crippen LogP contribution in [0.3, 0.4) is 0 Å². The molecular formula is C4H3BrF4. The fraction of sp³-hybridized carbons (Fsp3) is 0.500. The molecule has 0 aromatic rings. The fourth-order valence-corrected chi connectivity index (χ4v) is 0.392. The van der Waals surface area contributed by atoms with Crippen LogP contribution >= 0.6 is 15.9 Å². The first-order valence-electron chi connectivity index (χ1n) is 1.97. The summed E-state index contributed by atoms with van der Waals surface area (Å²) >= 11 is 2.43. The molecule has 54 valence electrons. The van der Waals surface area contributed by atoms with Crippen LogP contribution in [0.1, 0.15) is 6.42 Å². The maximum absolute atomic E-state index is 11.7. The predicted octanol–water partition coefficient (Wildman–Crippen LogP) is 3.14. The fourth-order valence-electron chi connectivity index (χ4n) is 0.230. The van der Waals surface area contributed by atoms with Crippen LogP contribution in [0, 0.1) is 0 Å². The van der Waals surface area contributed by atoms with Gasteiger partial charge in [0.15, 0.2) is 0 Å². The van der Waals surface area contributed by atoms with E-state index in [9.17, 15) is 17.6 Å². The Morgan fingerprint density at radius 2 is 1.89 bits per heavy atom. The summed E-state index contributed by atoms with van der Waals surface area (Å²) in [4.78, 5) is 0.612. The highest BCUT2D eigenvalue weighted by atomic mass is 79.9. The Bertz CT molecular complexity index is 114. The van der Waals surface area contributed by atoms with Gasteiger partial charge in [0.2, 0.25) is 0 Å². The largest absolute Gasteiger partial charge is 0.395 e. The molecule has 0 aliphatic carbocycles. The van der Waals surface area contributed by atoms with Gasteiger partial charge in [-0.15, -0.1) is 0 Å². The molecule has 0 fully saturated rings. The lowest BCUT2D eigenvalue weighted by Crippen LogP contribution is -2.06. The molecule has 0 saturated carbocycles. The summed E-state index contributed by atoms with van der Waals surface area (Å²) < 4.78 is 45.3. The smallest absolute Gasteiger partial charge is 0.211 e. The minimum Gasteiger partial charge on any atom is -0.211 e. The molecule has 0 aliphatic heterocycles. The van der Waals surface area contributed by atoms with Crippen LogP contribution in [0.15, 0.2) is 10.8 Å². The maximum Gasteiger partial charge on any atom is 0.395 e. The Balaban J connectivity index is 3.75. The molecule has 0 saturated heterocycles. The lowest BCUT2D eigenvalue weighted by Gasteiger charge is -2.01. The Morgan fingerprint density at radius 1 is 1.44 bits per heavy atom. The first-order valence-corrected chi connectivity index (χ1v) is 2.89. The summed E-state index contributed by atoms with van der Waals surface area (Å²) in [5, 5.41) is 0. The molecule has 0 rings (SSSR count). The van der Waals surface area contributed by atoms with Gasteiger partial charge in [-0.25, -0.2) is 4.39 Å². The Hall–Kier alpha value is -0.0600. The zero-order chi connectivity index (χ0) is 7.49. The summed E-state index contributed by atoms with van der Waals surface area (Å²) in [5.74, 6) is -1.22. The molecule has 0 nitrogen and oxygen atoms in total. The summed E-state index contributed by atoms with van der Waals surface area (Å²) in [5.41, 5.74) is 0. The number of hydrogen-bond acceptors (Lipinski definition) is 0. The third-order valence-electron chi connectivity index (χ3n) is 0.488. The zero-order valence-corrected chi connectivity index (χ0v) is 5.76. The van der Waals surface area contributed by atoms with Gasteiger partial charge in [-0.05, 0) is 0 Å². The minimum absolute atomic E-state index is 0.612. The van der Waals surface area contributed by atoms with Crippen molar-refractivity contribution in [3.05, 3.63) is 10.8 Å². The SMILES string of the molecule is F/C(=C/Br)CC(F)(F)F. The molecule has 5 heteroatoms. The molecule has 0 spiro atoms. The molecule has 0 heterocycles. The van der Waals surface area contributed by atoms with Gasteiger partial charge in [0.25, 0.3) is 0 Å². The van der Waals surface area contributed by atoms with Crippen molar-refractivity contribution >= 4 is 15.9 Å². The van der Waals surface area contributed by atoms with E-state index in [-0.39, 0.29) is 0 Å². The monoisotopic (exact) mass is 206 g/mol. The van der Waals surface area contributed by atoms with E-state index in [0.29, 0.717) is 4.99 Å². The molecule has 0 bridgehead atoms. The molecular weight excluding hydrogens is 204 g/mol. The third kappa shape index (κ3) is 5.82. The van der Waals surface area contributed by atoms with Crippen LogP contribution in [0.5, 0.6) is 0 Å². The average molecular weight is 207 g/mol. The topological polar surface area (TPSA) is 0 Å². The van der Waals surface area contributed by atoms with E-state index in [1.165, 1.54) is 0 Å². The van der Waals surface area contributed by atoms with Crippen molar-refractivity contribution < 1.29 is 17.6 Å². The maximum atomic E-state index is 11.7. The Morgan fingerprint density at radius 3 is 2.00 bits per heavy atom. The van der Waals surface area contributed by atoms with E-state index in [1.54, 1.807) is 0 Å². The first kappa shape index (κ1) is 8.94. The highest BCUT2D eigenvalue weighted by Crippen LogP contribution is 2.25. The van der Waals surface area contributed by atoms with Crippen molar-refractivity contribution in [2.75, 3.05) is 0 Å². The van der Waals surface area contributed by atoms with Crippen LogP contribution in [0.4, 0.5) is 17.6 Å². The highest BCUT2D eigenvalue weighted by Gasteiger charge is 2.28. The van der Waals surface area contributed by atoms with Crippen molar-refractivity contribution in [2.45, 2.75) is 12.6 Å². The van der Waals surface area contributed by atoms with Crippen LogP contribution in [0.2, 0.25) is 0 Å². The molecule has 0 amide bonds. The quantitative estimate of drug-likeness (QED) is 0.579. The van der Waals surface area contributed by atoms with E-state index >= 15 is 0 Å². The lowest BCUT2D eigenvalue weighted by atomic mass is 10.4. The van der Waals surface area contributed by atoms with Gasteiger partial charge >= 0.3 is 6.18 Å². The van der Waals surface area contributed by atoms with Crippen LogP contribution < -0.4 is 0 Å². The van der Waals surface area contributed by atoms with Gasteiger partial charge in [-0.2, -0.15) is 13.2 Å². The van der Waals surface area contributed by atoms with Crippen molar-refractivity contribution in [2.24, 2.45) is 0 Å². The summed E-state index contributed by atoms with van der Waals surface area (Å²) in [6, 6.07) is 0. The first-order chi connectivity index (χ1) is 3.95. The Kier molecular flexibility index (Phi) is 3.17. The second kappa shape index (κ2) is 3.20. The van der Waals surface area contributed by atoms with E-state index in [2.05, 4.69) is 15.9 Å². The summed E-state index contributed by atoms with van der Waals surface area (Å²) in [6.07, 6.45) is -5.95. The minimum atomic E-state index is -4.45. The molecule has 9 heavy (non-hydrogen) atoms. The van der Waals surface area contributed by atoms with E-state index in [0.717, 1.165) is 0 Å². The van der Waals surface area contributed by atoms with E-state index in [1.807, 2.05) is 0 Å². The van der Waals surface area contributed by atoms with E-state index < -0.39 is 18.4 Å². The Labute approximate surface area is 57.7 Å². The molecule has 0 atom stereocenters. The number of hydrogen-bond donors (Lipinski definition) is 0. The molecule has 0 N–H and O–H groups in total. The van der Waals surface area contributed by atoms with Gasteiger partial charge in [0.05, 0.1) is 6.42 Å².